The Kier molecular flexibility index (Phi) is 3.09. The van der Waals surface area contributed by atoms with E-state index in [4.69, 9.17) is 11.6 Å². The zero-order valence-electron chi connectivity index (χ0n) is 11.8. The van der Waals surface area contributed by atoms with Crippen LogP contribution in [0.1, 0.15) is 15.9 Å². The minimum absolute atomic E-state index is 0.154. The Morgan fingerprint density at radius 1 is 1.09 bits per heavy atom. The van der Waals surface area contributed by atoms with Gasteiger partial charge in [-0.3, -0.25) is 9.59 Å². The van der Waals surface area contributed by atoms with Crippen LogP contribution in [-0.2, 0) is 4.79 Å². The van der Waals surface area contributed by atoms with Gasteiger partial charge in [0.2, 0.25) is 5.91 Å². The van der Waals surface area contributed by atoms with Gasteiger partial charge < -0.3 is 5.32 Å². The normalized spacial score (nSPS) is 12.1. The zero-order chi connectivity index (χ0) is 16.0. The SMILES string of the molecule is O=C(CCl)Nc1ccc2ncnc3c2c1C(=O)c1ccccc1-3. The molecule has 4 rings (SSSR count). The lowest BCUT2D eigenvalue weighted by atomic mass is 9.86. The highest BCUT2D eigenvalue weighted by atomic mass is 35.5. The molecule has 1 heterocycles. The summed E-state index contributed by atoms with van der Waals surface area (Å²) < 4.78 is 0. The third-order valence-corrected chi connectivity index (χ3v) is 4.10. The van der Waals surface area contributed by atoms with E-state index in [1.54, 1.807) is 24.3 Å². The van der Waals surface area contributed by atoms with Gasteiger partial charge in [-0.05, 0) is 12.1 Å². The highest BCUT2D eigenvalue weighted by molar-refractivity contribution is 6.31. The number of aromatic nitrogens is 2. The molecule has 2 aromatic carbocycles. The molecule has 0 saturated carbocycles. The number of nitrogens with one attached hydrogen (secondary N) is 1. The number of anilines is 1. The van der Waals surface area contributed by atoms with Gasteiger partial charge in [-0.2, -0.15) is 0 Å². The van der Waals surface area contributed by atoms with Crippen LogP contribution in [-0.4, -0.2) is 27.5 Å². The standard InChI is InChI=1S/C17H10ClN3O2/c18-7-13(22)21-12-6-5-11-14-15(12)17(23)10-4-2-1-3-9(10)16(14)20-8-19-11/h1-6,8H,7H2,(H,21,22). The topological polar surface area (TPSA) is 72.0 Å². The van der Waals surface area contributed by atoms with Crippen LogP contribution in [0.2, 0.25) is 0 Å². The van der Waals surface area contributed by atoms with Gasteiger partial charge in [0.15, 0.2) is 5.78 Å². The molecule has 1 aromatic heterocycles. The Balaban J connectivity index is 2.09. The largest absolute Gasteiger partial charge is 0.324 e. The number of rotatable bonds is 2. The van der Waals surface area contributed by atoms with Crippen molar-refractivity contribution < 1.29 is 9.59 Å². The number of carbonyl (C=O) groups is 2. The Bertz CT molecular complexity index is 985. The van der Waals surface area contributed by atoms with Gasteiger partial charge in [-0.1, -0.05) is 24.3 Å². The molecule has 1 aliphatic carbocycles. The second kappa shape index (κ2) is 5.14. The van der Waals surface area contributed by atoms with Gasteiger partial charge in [0.25, 0.3) is 0 Å². The van der Waals surface area contributed by atoms with Crippen molar-refractivity contribution in [1.82, 2.24) is 9.97 Å². The second-order valence-electron chi connectivity index (χ2n) is 5.16. The molecule has 0 radical (unpaired) electrons. The predicted octanol–water partition coefficient (Wildman–Crippen LogP) is 3.02. The molecule has 23 heavy (non-hydrogen) atoms. The molecule has 0 bridgehead atoms. The van der Waals surface area contributed by atoms with Crippen molar-refractivity contribution in [2.45, 2.75) is 0 Å². The number of ketones is 1. The van der Waals surface area contributed by atoms with Crippen LogP contribution >= 0.6 is 11.6 Å². The number of fused-ring (bicyclic) bond motifs is 2. The summed E-state index contributed by atoms with van der Waals surface area (Å²) in [5, 5.41) is 3.33. The summed E-state index contributed by atoms with van der Waals surface area (Å²) in [6.07, 6.45) is 1.48. The molecule has 0 saturated heterocycles. The van der Waals surface area contributed by atoms with Crippen molar-refractivity contribution in [2.75, 3.05) is 11.2 Å². The summed E-state index contributed by atoms with van der Waals surface area (Å²) in [4.78, 5) is 33.2. The van der Waals surface area contributed by atoms with Crippen LogP contribution < -0.4 is 5.32 Å². The number of carbonyl (C=O) groups excluding carboxylic acids is 2. The van der Waals surface area contributed by atoms with Crippen molar-refractivity contribution in [3.8, 4) is 11.3 Å². The summed E-state index contributed by atoms with van der Waals surface area (Å²) in [5.74, 6) is -0.703. The molecule has 0 spiro atoms. The number of amides is 1. The van der Waals surface area contributed by atoms with Crippen molar-refractivity contribution >= 4 is 39.9 Å². The maximum Gasteiger partial charge on any atom is 0.239 e. The van der Waals surface area contributed by atoms with E-state index in [9.17, 15) is 9.59 Å². The van der Waals surface area contributed by atoms with Crippen LogP contribution in [0.5, 0.6) is 0 Å². The number of nitrogens with zero attached hydrogens (tertiary/aromatic N) is 2. The van der Waals surface area contributed by atoms with E-state index < -0.39 is 0 Å². The molecule has 0 unspecified atom stereocenters. The lowest BCUT2D eigenvalue weighted by Crippen LogP contribution is -2.18. The van der Waals surface area contributed by atoms with E-state index in [1.807, 2.05) is 12.1 Å². The minimum Gasteiger partial charge on any atom is -0.324 e. The molecule has 0 fully saturated rings. The van der Waals surface area contributed by atoms with Crippen LogP contribution in [0.4, 0.5) is 5.69 Å². The molecule has 1 amide bonds. The van der Waals surface area contributed by atoms with Crippen LogP contribution in [0, 0.1) is 0 Å². The average molecular weight is 324 g/mol. The molecule has 0 atom stereocenters. The van der Waals surface area contributed by atoms with E-state index in [0.717, 1.165) is 5.56 Å². The third kappa shape index (κ3) is 2.01. The molecule has 5 nitrogen and oxygen atoms in total. The quantitative estimate of drug-likeness (QED) is 0.576. The molecule has 1 aliphatic rings. The van der Waals surface area contributed by atoms with Crippen molar-refractivity contribution in [1.29, 1.82) is 0 Å². The fourth-order valence-corrected chi connectivity index (χ4v) is 2.97. The lowest BCUT2D eigenvalue weighted by Gasteiger charge is -2.20. The molecule has 112 valence electrons. The van der Waals surface area contributed by atoms with Crippen molar-refractivity contribution in [3.63, 3.8) is 0 Å². The van der Waals surface area contributed by atoms with E-state index in [-0.39, 0.29) is 17.6 Å². The Labute approximate surface area is 136 Å². The number of benzene rings is 2. The molecular formula is C17H10ClN3O2. The fourth-order valence-electron chi connectivity index (χ4n) is 2.90. The van der Waals surface area contributed by atoms with Gasteiger partial charge in [-0.25, -0.2) is 9.97 Å². The Morgan fingerprint density at radius 2 is 1.87 bits per heavy atom. The fraction of sp³-hybridized carbons (Fsp3) is 0.0588. The highest BCUT2D eigenvalue weighted by Crippen LogP contribution is 2.40. The van der Waals surface area contributed by atoms with Gasteiger partial charge in [0, 0.05) is 16.5 Å². The zero-order valence-corrected chi connectivity index (χ0v) is 12.6. The first-order valence-corrected chi connectivity index (χ1v) is 7.52. The number of hydrogen-bond donors (Lipinski definition) is 1. The van der Waals surface area contributed by atoms with Gasteiger partial charge >= 0.3 is 0 Å². The molecule has 1 N–H and O–H groups in total. The maximum atomic E-state index is 12.9. The Hall–Kier alpha value is -2.79. The van der Waals surface area contributed by atoms with Crippen molar-refractivity contribution in [3.05, 3.63) is 53.9 Å². The second-order valence-corrected chi connectivity index (χ2v) is 5.43. The van der Waals surface area contributed by atoms with Gasteiger partial charge in [0.05, 0.1) is 22.5 Å². The minimum atomic E-state index is -0.368. The maximum absolute atomic E-state index is 12.9. The number of alkyl halides is 1. The summed E-state index contributed by atoms with van der Waals surface area (Å²) in [6, 6.07) is 10.7. The van der Waals surface area contributed by atoms with E-state index in [2.05, 4.69) is 15.3 Å². The summed E-state index contributed by atoms with van der Waals surface area (Å²) in [5.41, 5.74) is 3.54. The number of hydrogen-bond acceptors (Lipinski definition) is 4. The van der Waals surface area contributed by atoms with Crippen LogP contribution in [0.25, 0.3) is 22.2 Å². The molecule has 0 aliphatic heterocycles. The van der Waals surface area contributed by atoms with Crippen LogP contribution in [0.15, 0.2) is 42.7 Å². The lowest BCUT2D eigenvalue weighted by molar-refractivity contribution is -0.113. The van der Waals surface area contributed by atoms with Crippen LogP contribution in [0.3, 0.4) is 0 Å². The average Bonchev–Trinajstić information content (AvgIpc) is 2.60. The summed E-state index contributed by atoms with van der Waals surface area (Å²) in [7, 11) is 0. The number of halogens is 1. The van der Waals surface area contributed by atoms with Gasteiger partial charge in [0.1, 0.15) is 12.2 Å². The predicted molar refractivity (Wildman–Crippen MR) is 87.8 cm³/mol. The molecule has 3 aromatic rings. The first-order chi connectivity index (χ1) is 11.2. The van der Waals surface area contributed by atoms with E-state index >= 15 is 0 Å². The van der Waals surface area contributed by atoms with E-state index in [1.165, 1.54) is 6.33 Å². The smallest absolute Gasteiger partial charge is 0.239 e. The highest BCUT2D eigenvalue weighted by Gasteiger charge is 2.29. The molecule has 6 heteroatoms. The monoisotopic (exact) mass is 323 g/mol. The first-order valence-electron chi connectivity index (χ1n) is 6.98. The first kappa shape index (κ1) is 13.8. The summed E-state index contributed by atoms with van der Waals surface area (Å²) >= 11 is 5.56. The van der Waals surface area contributed by atoms with E-state index in [0.29, 0.717) is 33.4 Å². The summed E-state index contributed by atoms with van der Waals surface area (Å²) in [6.45, 7) is 0. The third-order valence-electron chi connectivity index (χ3n) is 3.85. The Morgan fingerprint density at radius 3 is 2.65 bits per heavy atom. The van der Waals surface area contributed by atoms with Crippen molar-refractivity contribution in [2.24, 2.45) is 0 Å². The van der Waals surface area contributed by atoms with Gasteiger partial charge in [-0.15, -0.1) is 11.6 Å². The molecular weight excluding hydrogens is 314 g/mol.